The summed E-state index contributed by atoms with van der Waals surface area (Å²) < 4.78 is 43.7. The molecule has 0 aliphatic heterocycles. The summed E-state index contributed by atoms with van der Waals surface area (Å²) in [6, 6.07) is 5.54. The van der Waals surface area contributed by atoms with E-state index < -0.39 is 6.36 Å². The SMILES string of the molecule is CC.COCc1ccc(OC(F)(F)F)cc1. The molecule has 0 fully saturated rings. The molecule has 1 aromatic carbocycles. The quantitative estimate of drug-likeness (QED) is 0.795. The van der Waals surface area contributed by atoms with E-state index >= 15 is 0 Å². The van der Waals surface area contributed by atoms with E-state index in [-0.39, 0.29) is 5.75 Å². The molecule has 0 amide bonds. The predicted octanol–water partition coefficient (Wildman–Crippen LogP) is 3.76. The lowest BCUT2D eigenvalue weighted by molar-refractivity contribution is -0.274. The van der Waals surface area contributed by atoms with Crippen molar-refractivity contribution in [3.63, 3.8) is 0 Å². The molecule has 92 valence electrons. The first kappa shape index (κ1) is 14.8. The van der Waals surface area contributed by atoms with Gasteiger partial charge in [-0.25, -0.2) is 0 Å². The summed E-state index contributed by atoms with van der Waals surface area (Å²) >= 11 is 0. The van der Waals surface area contributed by atoms with Crippen LogP contribution in [0.2, 0.25) is 0 Å². The molecule has 0 aliphatic carbocycles. The fourth-order valence-electron chi connectivity index (χ4n) is 0.954. The Morgan fingerprint density at radius 2 is 1.56 bits per heavy atom. The number of hydrogen-bond acceptors (Lipinski definition) is 2. The van der Waals surface area contributed by atoms with E-state index in [1.807, 2.05) is 13.8 Å². The normalized spacial score (nSPS) is 10.4. The Labute approximate surface area is 93.0 Å². The summed E-state index contributed by atoms with van der Waals surface area (Å²) in [4.78, 5) is 0. The predicted molar refractivity (Wildman–Crippen MR) is 55.2 cm³/mol. The van der Waals surface area contributed by atoms with E-state index in [4.69, 9.17) is 4.74 Å². The minimum Gasteiger partial charge on any atom is -0.406 e. The standard InChI is InChI=1S/C9H9F3O2.C2H6/c1-13-6-7-2-4-8(5-3-7)14-9(10,11)12;1-2/h2-5H,6H2,1H3;1-2H3. The van der Waals surface area contributed by atoms with Crippen LogP contribution in [-0.4, -0.2) is 13.5 Å². The molecule has 0 aromatic heterocycles. The Kier molecular flexibility index (Phi) is 6.56. The minimum absolute atomic E-state index is 0.225. The Morgan fingerprint density at radius 1 is 1.06 bits per heavy atom. The van der Waals surface area contributed by atoms with Crippen molar-refractivity contribution in [2.75, 3.05) is 7.11 Å². The molecular formula is C11H15F3O2. The van der Waals surface area contributed by atoms with Gasteiger partial charge in [0, 0.05) is 7.11 Å². The highest BCUT2D eigenvalue weighted by Gasteiger charge is 2.30. The van der Waals surface area contributed by atoms with E-state index in [0.717, 1.165) is 5.56 Å². The van der Waals surface area contributed by atoms with E-state index in [1.54, 1.807) is 0 Å². The molecule has 0 aliphatic rings. The summed E-state index contributed by atoms with van der Waals surface area (Å²) in [5, 5.41) is 0. The van der Waals surface area contributed by atoms with Crippen molar-refractivity contribution in [3.8, 4) is 5.75 Å². The summed E-state index contributed by atoms with van der Waals surface area (Å²) in [5.74, 6) is -0.225. The van der Waals surface area contributed by atoms with Crippen molar-refractivity contribution in [2.24, 2.45) is 0 Å². The van der Waals surface area contributed by atoms with E-state index in [1.165, 1.54) is 31.4 Å². The monoisotopic (exact) mass is 236 g/mol. The largest absolute Gasteiger partial charge is 0.573 e. The lowest BCUT2D eigenvalue weighted by Crippen LogP contribution is -2.17. The van der Waals surface area contributed by atoms with E-state index in [9.17, 15) is 13.2 Å². The molecule has 5 heteroatoms. The molecule has 0 radical (unpaired) electrons. The Hall–Kier alpha value is -1.23. The highest BCUT2D eigenvalue weighted by molar-refractivity contribution is 5.26. The molecule has 0 atom stereocenters. The van der Waals surface area contributed by atoms with Gasteiger partial charge in [0.15, 0.2) is 0 Å². The average molecular weight is 236 g/mol. The van der Waals surface area contributed by atoms with Crippen LogP contribution in [0.5, 0.6) is 5.75 Å². The number of rotatable bonds is 3. The molecule has 0 N–H and O–H groups in total. The summed E-state index contributed by atoms with van der Waals surface area (Å²) in [6.07, 6.45) is -4.64. The van der Waals surface area contributed by atoms with Gasteiger partial charge in [0.2, 0.25) is 0 Å². The molecule has 0 bridgehead atoms. The maximum absolute atomic E-state index is 11.7. The summed E-state index contributed by atoms with van der Waals surface area (Å²) in [5.41, 5.74) is 0.794. The van der Waals surface area contributed by atoms with Gasteiger partial charge in [-0.15, -0.1) is 13.2 Å². The zero-order valence-electron chi connectivity index (χ0n) is 9.47. The highest BCUT2D eigenvalue weighted by atomic mass is 19.4. The molecule has 0 heterocycles. The third-order valence-electron chi connectivity index (χ3n) is 1.47. The van der Waals surface area contributed by atoms with Gasteiger partial charge in [0.25, 0.3) is 0 Å². The first-order valence-electron chi connectivity index (χ1n) is 4.85. The topological polar surface area (TPSA) is 18.5 Å². The zero-order chi connectivity index (χ0) is 12.6. The van der Waals surface area contributed by atoms with Crippen molar-refractivity contribution in [1.82, 2.24) is 0 Å². The van der Waals surface area contributed by atoms with Crippen LogP contribution in [0.25, 0.3) is 0 Å². The van der Waals surface area contributed by atoms with Crippen molar-refractivity contribution in [1.29, 1.82) is 0 Å². The smallest absolute Gasteiger partial charge is 0.406 e. The molecule has 0 saturated heterocycles. The molecule has 0 saturated carbocycles. The lowest BCUT2D eigenvalue weighted by Gasteiger charge is -2.08. The van der Waals surface area contributed by atoms with Gasteiger partial charge in [-0.1, -0.05) is 26.0 Å². The summed E-state index contributed by atoms with van der Waals surface area (Å²) in [7, 11) is 1.51. The van der Waals surface area contributed by atoms with E-state index in [2.05, 4.69) is 4.74 Å². The van der Waals surface area contributed by atoms with Crippen LogP contribution in [0.4, 0.5) is 13.2 Å². The van der Waals surface area contributed by atoms with Crippen LogP contribution >= 0.6 is 0 Å². The molecule has 1 aromatic rings. The fourth-order valence-corrected chi connectivity index (χ4v) is 0.954. The van der Waals surface area contributed by atoms with Crippen LogP contribution in [-0.2, 0) is 11.3 Å². The van der Waals surface area contributed by atoms with E-state index in [0.29, 0.717) is 6.61 Å². The first-order chi connectivity index (χ1) is 7.51. The van der Waals surface area contributed by atoms with Crippen molar-refractivity contribution >= 4 is 0 Å². The van der Waals surface area contributed by atoms with Crippen LogP contribution in [0.1, 0.15) is 19.4 Å². The maximum Gasteiger partial charge on any atom is 0.573 e. The number of hydrogen-bond donors (Lipinski definition) is 0. The molecule has 2 nitrogen and oxygen atoms in total. The third-order valence-corrected chi connectivity index (χ3v) is 1.47. The minimum atomic E-state index is -4.64. The fraction of sp³-hybridized carbons (Fsp3) is 0.455. The lowest BCUT2D eigenvalue weighted by atomic mass is 10.2. The molecule has 1 rings (SSSR count). The number of methoxy groups -OCH3 is 1. The van der Waals surface area contributed by atoms with Crippen LogP contribution in [0.3, 0.4) is 0 Å². The van der Waals surface area contributed by atoms with Crippen LogP contribution in [0, 0.1) is 0 Å². The van der Waals surface area contributed by atoms with Gasteiger partial charge in [-0.05, 0) is 17.7 Å². The van der Waals surface area contributed by atoms with Crippen molar-refractivity contribution < 1.29 is 22.6 Å². The Morgan fingerprint density at radius 3 is 1.94 bits per heavy atom. The molecule has 0 unspecified atom stereocenters. The van der Waals surface area contributed by atoms with Gasteiger partial charge in [-0.2, -0.15) is 0 Å². The number of halogens is 3. The third kappa shape index (κ3) is 6.29. The summed E-state index contributed by atoms with van der Waals surface area (Å²) in [6.45, 7) is 4.37. The number of benzene rings is 1. The van der Waals surface area contributed by atoms with Gasteiger partial charge in [0.05, 0.1) is 6.61 Å². The second kappa shape index (κ2) is 7.11. The first-order valence-corrected chi connectivity index (χ1v) is 4.85. The molecular weight excluding hydrogens is 221 g/mol. The van der Waals surface area contributed by atoms with Crippen LogP contribution < -0.4 is 4.74 Å². The Bertz CT molecular complexity index is 280. The second-order valence-electron chi connectivity index (χ2n) is 2.62. The average Bonchev–Trinajstić information content (AvgIpc) is 2.22. The van der Waals surface area contributed by atoms with Gasteiger partial charge >= 0.3 is 6.36 Å². The van der Waals surface area contributed by atoms with Gasteiger partial charge < -0.3 is 9.47 Å². The van der Waals surface area contributed by atoms with Crippen molar-refractivity contribution in [3.05, 3.63) is 29.8 Å². The highest BCUT2D eigenvalue weighted by Crippen LogP contribution is 2.22. The zero-order valence-corrected chi connectivity index (χ0v) is 9.47. The van der Waals surface area contributed by atoms with Crippen LogP contribution in [0.15, 0.2) is 24.3 Å². The molecule has 0 spiro atoms. The Balaban J connectivity index is 0.00000106. The molecule has 16 heavy (non-hydrogen) atoms. The maximum atomic E-state index is 11.7. The van der Waals surface area contributed by atoms with Gasteiger partial charge in [-0.3, -0.25) is 0 Å². The van der Waals surface area contributed by atoms with Crippen molar-refractivity contribution in [2.45, 2.75) is 26.8 Å². The number of ether oxygens (including phenoxy) is 2. The second-order valence-corrected chi connectivity index (χ2v) is 2.62. The van der Waals surface area contributed by atoms with Gasteiger partial charge in [0.1, 0.15) is 5.75 Å². The number of alkyl halides is 3.